The molecule has 3 nitrogen and oxygen atoms in total. The number of aliphatic hydroxyl groups is 3. The van der Waals surface area contributed by atoms with Crippen LogP contribution >= 0.6 is 0 Å². The molecule has 0 bridgehead atoms. The van der Waals surface area contributed by atoms with E-state index in [-0.39, 0.29) is 12.8 Å². The van der Waals surface area contributed by atoms with Crippen LogP contribution in [0, 0.1) is 5.41 Å². The molecule has 0 heterocycles. The summed E-state index contributed by atoms with van der Waals surface area (Å²) in [7, 11) is 0. The molecule has 1 fully saturated rings. The topological polar surface area (TPSA) is 60.7 Å². The number of rotatable bonds is 9. The van der Waals surface area contributed by atoms with E-state index in [0.717, 1.165) is 5.57 Å². The summed E-state index contributed by atoms with van der Waals surface area (Å²) in [5.74, 6) is 0. The number of allylic oxidation sites excluding steroid dienone is 3. The molecule has 0 amide bonds. The van der Waals surface area contributed by atoms with Crippen molar-refractivity contribution < 1.29 is 41.7 Å². The fourth-order valence-corrected chi connectivity index (χ4v) is 3.63. The van der Waals surface area contributed by atoms with Crippen molar-refractivity contribution in [2.75, 3.05) is 0 Å². The molecule has 0 aromatic carbocycles. The van der Waals surface area contributed by atoms with Crippen LogP contribution in [-0.2, 0) is 0 Å². The highest BCUT2D eigenvalue weighted by Crippen LogP contribution is 2.46. The maximum atomic E-state index is 12.7. The van der Waals surface area contributed by atoms with Gasteiger partial charge in [-0.2, -0.15) is 26.3 Å². The third kappa shape index (κ3) is 7.95. The van der Waals surface area contributed by atoms with Crippen molar-refractivity contribution >= 4 is 0 Å². The molecule has 0 aromatic heterocycles. The van der Waals surface area contributed by atoms with E-state index >= 15 is 0 Å². The first kappa shape index (κ1) is 27.7. The molecule has 0 radical (unpaired) electrons. The molecule has 31 heavy (non-hydrogen) atoms. The average Bonchev–Trinajstić information content (AvgIpc) is 2.59. The van der Waals surface area contributed by atoms with Gasteiger partial charge < -0.3 is 15.3 Å². The summed E-state index contributed by atoms with van der Waals surface area (Å²) in [6, 6.07) is 0. The van der Waals surface area contributed by atoms with Gasteiger partial charge in [0.1, 0.15) is 0 Å². The molecule has 0 saturated heterocycles. The zero-order valence-corrected chi connectivity index (χ0v) is 17.9. The second kappa shape index (κ2) is 10.5. The highest BCUT2D eigenvalue weighted by atomic mass is 19.4. The monoisotopic (exact) mass is 458 g/mol. The molecule has 0 unspecified atom stereocenters. The summed E-state index contributed by atoms with van der Waals surface area (Å²) in [5.41, 5.74) is -3.81. The van der Waals surface area contributed by atoms with Crippen LogP contribution in [0.25, 0.3) is 0 Å². The predicted octanol–water partition coefficient (Wildman–Crippen LogP) is 5.76. The Kier molecular flexibility index (Phi) is 9.41. The van der Waals surface area contributed by atoms with E-state index in [2.05, 4.69) is 6.58 Å². The summed E-state index contributed by atoms with van der Waals surface area (Å²) in [4.78, 5) is 0. The Bertz CT molecular complexity index is 647. The van der Waals surface area contributed by atoms with E-state index in [1.165, 1.54) is 0 Å². The Morgan fingerprint density at radius 2 is 1.52 bits per heavy atom. The van der Waals surface area contributed by atoms with Gasteiger partial charge in [-0.3, -0.25) is 0 Å². The summed E-state index contributed by atoms with van der Waals surface area (Å²) in [6.07, 6.45) is -6.61. The number of halogens is 6. The number of alkyl halides is 6. The molecule has 1 saturated carbocycles. The van der Waals surface area contributed by atoms with E-state index in [0.29, 0.717) is 31.3 Å². The lowest BCUT2D eigenvalue weighted by atomic mass is 9.80. The third-order valence-corrected chi connectivity index (χ3v) is 5.75. The predicted molar refractivity (Wildman–Crippen MR) is 106 cm³/mol. The Labute approximate surface area is 179 Å². The lowest BCUT2D eigenvalue weighted by Crippen LogP contribution is -2.56. The molecule has 1 aliphatic carbocycles. The summed E-state index contributed by atoms with van der Waals surface area (Å²) >= 11 is 0. The van der Waals surface area contributed by atoms with Crippen molar-refractivity contribution in [1.82, 2.24) is 0 Å². The van der Waals surface area contributed by atoms with E-state index in [4.69, 9.17) is 0 Å². The quantitative estimate of drug-likeness (QED) is 0.304. The van der Waals surface area contributed by atoms with Gasteiger partial charge in [0.15, 0.2) is 0 Å². The van der Waals surface area contributed by atoms with Crippen molar-refractivity contribution in [2.45, 2.75) is 95.4 Å². The van der Waals surface area contributed by atoms with Gasteiger partial charge >= 0.3 is 12.4 Å². The number of hydrogen-bond acceptors (Lipinski definition) is 3. The Hall–Kier alpha value is -1.32. The molecule has 0 spiro atoms. The van der Waals surface area contributed by atoms with Gasteiger partial charge in [-0.15, -0.1) is 0 Å². The van der Waals surface area contributed by atoms with E-state index in [9.17, 15) is 41.7 Å². The first-order valence-corrected chi connectivity index (χ1v) is 10.3. The highest BCUT2D eigenvalue weighted by molar-refractivity contribution is 5.37. The molecule has 2 atom stereocenters. The Morgan fingerprint density at radius 1 is 0.968 bits per heavy atom. The second-order valence-electron chi connectivity index (χ2n) is 9.02. The van der Waals surface area contributed by atoms with E-state index in [1.807, 2.05) is 6.08 Å². The van der Waals surface area contributed by atoms with Crippen LogP contribution in [0.15, 0.2) is 36.0 Å². The largest absolute Gasteiger partial charge is 0.426 e. The molecule has 0 aliphatic heterocycles. The highest BCUT2D eigenvalue weighted by Gasteiger charge is 2.69. The maximum Gasteiger partial charge on any atom is 0.426 e. The smallest absolute Gasteiger partial charge is 0.393 e. The fourth-order valence-electron chi connectivity index (χ4n) is 3.63. The zero-order valence-electron chi connectivity index (χ0n) is 17.9. The molecule has 0 aromatic rings. The minimum Gasteiger partial charge on any atom is -0.393 e. The normalized spacial score (nSPS) is 23.2. The standard InChI is InChI=1S/C22H32F6O3/c1-15-16(13-17(29)14-18(15)30)9-6-4-5-7-10-19(2,3)11-8-12-20(31,21(23,24)25)22(26,27)28/h4,6,9,17-18,29-31H,1,5,7-8,10-14H2,2-3H3/t17-,18+/m1/s1. The van der Waals surface area contributed by atoms with Crippen LogP contribution in [0.1, 0.15) is 65.2 Å². The SMILES string of the molecule is C=C1C(=CC=CCCCC(C)(C)CCCC(O)(C(F)(F)F)C(F)(F)F)C[C@@H](O)C[C@@H]1O. The number of aliphatic hydroxyl groups excluding tert-OH is 2. The van der Waals surface area contributed by atoms with Crippen LogP contribution in [0.2, 0.25) is 0 Å². The first-order valence-electron chi connectivity index (χ1n) is 10.3. The van der Waals surface area contributed by atoms with E-state index < -0.39 is 48.4 Å². The van der Waals surface area contributed by atoms with Crippen LogP contribution in [-0.4, -0.2) is 45.5 Å². The minimum atomic E-state index is -5.77. The van der Waals surface area contributed by atoms with E-state index in [1.54, 1.807) is 26.0 Å². The third-order valence-electron chi connectivity index (χ3n) is 5.75. The number of unbranched alkanes of at least 4 members (excludes halogenated alkanes) is 1. The zero-order chi connectivity index (χ0) is 24.1. The fraction of sp³-hybridized carbons (Fsp3) is 0.727. The molecule has 9 heteroatoms. The summed E-state index contributed by atoms with van der Waals surface area (Å²) in [5, 5.41) is 28.7. The van der Waals surface area contributed by atoms with Gasteiger partial charge in [0.2, 0.25) is 0 Å². The van der Waals surface area contributed by atoms with Gasteiger partial charge in [0.05, 0.1) is 12.2 Å². The molecular formula is C22H32F6O3. The van der Waals surface area contributed by atoms with Crippen LogP contribution in [0.4, 0.5) is 26.3 Å². The molecule has 180 valence electrons. The van der Waals surface area contributed by atoms with Crippen LogP contribution in [0.3, 0.4) is 0 Å². The lowest BCUT2D eigenvalue weighted by Gasteiger charge is -2.33. The van der Waals surface area contributed by atoms with Crippen molar-refractivity contribution in [3.8, 4) is 0 Å². The maximum absolute atomic E-state index is 12.7. The van der Waals surface area contributed by atoms with Crippen molar-refractivity contribution in [2.24, 2.45) is 5.41 Å². The van der Waals surface area contributed by atoms with Crippen molar-refractivity contribution in [3.63, 3.8) is 0 Å². The van der Waals surface area contributed by atoms with Gasteiger partial charge in [-0.25, -0.2) is 0 Å². The van der Waals surface area contributed by atoms with Gasteiger partial charge in [-0.05, 0) is 61.5 Å². The van der Waals surface area contributed by atoms with Gasteiger partial charge in [0, 0.05) is 6.42 Å². The lowest BCUT2D eigenvalue weighted by molar-refractivity contribution is -0.370. The van der Waals surface area contributed by atoms with Crippen molar-refractivity contribution in [1.29, 1.82) is 0 Å². The molecule has 3 N–H and O–H groups in total. The number of hydrogen-bond donors (Lipinski definition) is 3. The molecule has 1 aliphatic rings. The van der Waals surface area contributed by atoms with Gasteiger partial charge in [0.25, 0.3) is 5.60 Å². The second-order valence-corrected chi connectivity index (χ2v) is 9.02. The summed E-state index contributed by atoms with van der Waals surface area (Å²) < 4.78 is 76.4. The molecule has 1 rings (SSSR count). The van der Waals surface area contributed by atoms with Crippen LogP contribution < -0.4 is 0 Å². The molecular weight excluding hydrogens is 426 g/mol. The summed E-state index contributed by atoms with van der Waals surface area (Å²) in [6.45, 7) is 7.36. The average molecular weight is 458 g/mol. The minimum absolute atomic E-state index is 0.116. The van der Waals surface area contributed by atoms with Crippen molar-refractivity contribution in [3.05, 3.63) is 36.0 Å². The Morgan fingerprint density at radius 3 is 2.06 bits per heavy atom. The first-order chi connectivity index (χ1) is 14.0. The van der Waals surface area contributed by atoms with Gasteiger partial charge in [-0.1, -0.05) is 38.7 Å². The Balaban J connectivity index is 2.47. The van der Waals surface area contributed by atoms with Crippen LogP contribution in [0.5, 0.6) is 0 Å².